The predicted octanol–water partition coefficient (Wildman–Crippen LogP) is -0.693. The van der Waals surface area contributed by atoms with Crippen LogP contribution in [-0.4, -0.2) is 46.2 Å². The topological polar surface area (TPSA) is 110 Å². The van der Waals surface area contributed by atoms with Crippen molar-refractivity contribution in [3.05, 3.63) is 11.8 Å². The highest BCUT2D eigenvalue weighted by Gasteiger charge is 2.89. The summed E-state index contributed by atoms with van der Waals surface area (Å²) in [6, 6.07) is 0. The van der Waals surface area contributed by atoms with Crippen LogP contribution in [0.2, 0.25) is 0 Å². The molecule has 1 heterocycles. The lowest BCUT2D eigenvalue weighted by Gasteiger charge is -2.56. The summed E-state index contributed by atoms with van der Waals surface area (Å²) in [6.07, 6.45) is 0.856. The molecule has 22 heavy (non-hydrogen) atoms. The summed E-state index contributed by atoms with van der Waals surface area (Å²) in [5.74, 6) is -6.18. The van der Waals surface area contributed by atoms with Crippen molar-refractivity contribution < 1.29 is 34.1 Å². The van der Waals surface area contributed by atoms with Gasteiger partial charge in [-0.3, -0.25) is 14.4 Å². The number of aliphatic hydroxyl groups is 2. The molecule has 2 N–H and O–H groups in total. The number of rotatable bonds is 1. The minimum atomic E-state index is -2.30. The van der Waals surface area contributed by atoms with E-state index in [2.05, 4.69) is 0 Å². The largest absolute Gasteiger partial charge is 0.501 e. The molecule has 0 aromatic carbocycles. The highest BCUT2D eigenvalue weighted by atomic mass is 16.7. The van der Waals surface area contributed by atoms with Crippen molar-refractivity contribution in [1.29, 1.82) is 0 Å². The minimum absolute atomic E-state index is 0.169. The van der Waals surface area contributed by atoms with E-state index < -0.39 is 51.6 Å². The molecule has 7 heteroatoms. The summed E-state index contributed by atoms with van der Waals surface area (Å²) >= 11 is 0. The van der Waals surface area contributed by atoms with Crippen molar-refractivity contribution in [1.82, 2.24) is 0 Å². The lowest BCUT2D eigenvalue weighted by Crippen LogP contribution is -2.74. The van der Waals surface area contributed by atoms with E-state index in [9.17, 15) is 24.6 Å². The molecular weight excluding hydrogens is 292 g/mol. The van der Waals surface area contributed by atoms with Gasteiger partial charge in [0, 0.05) is 23.8 Å². The standard InChI is InChI=1S/C15H16O7/c1-12-5-14(19)11(18)13(2)8(9(12)10(17)22-14)6(21-3)4-7(16)15(12,13)20/h4,8-9,19-20H,5H2,1-3H3/t8-,9+,12-,13-,14-,15-/m1/s1. The van der Waals surface area contributed by atoms with E-state index in [1.807, 2.05) is 0 Å². The second-order valence-corrected chi connectivity index (χ2v) is 7.11. The molecule has 0 radical (unpaired) electrons. The minimum Gasteiger partial charge on any atom is -0.501 e. The highest BCUT2D eigenvalue weighted by molar-refractivity contribution is 6.12. The molecular formula is C15H16O7. The Morgan fingerprint density at radius 2 is 1.86 bits per heavy atom. The van der Waals surface area contributed by atoms with Crippen LogP contribution in [0.4, 0.5) is 0 Å². The molecule has 4 aliphatic rings. The number of carbonyl (C=O) groups is 3. The second kappa shape index (κ2) is 3.28. The molecule has 3 fully saturated rings. The number of hydrogen-bond acceptors (Lipinski definition) is 7. The molecule has 0 amide bonds. The molecule has 2 saturated carbocycles. The van der Waals surface area contributed by atoms with Crippen LogP contribution < -0.4 is 0 Å². The zero-order valence-corrected chi connectivity index (χ0v) is 12.4. The molecule has 4 rings (SSSR count). The summed E-state index contributed by atoms with van der Waals surface area (Å²) < 4.78 is 10.2. The average Bonchev–Trinajstić information content (AvgIpc) is 2.48. The molecule has 7 nitrogen and oxygen atoms in total. The number of hydrogen-bond donors (Lipinski definition) is 2. The van der Waals surface area contributed by atoms with Gasteiger partial charge >= 0.3 is 5.97 Å². The Balaban J connectivity index is 2.14. The molecule has 0 spiro atoms. The Morgan fingerprint density at radius 3 is 2.45 bits per heavy atom. The van der Waals surface area contributed by atoms with Gasteiger partial charge in [-0.1, -0.05) is 6.92 Å². The number of ketones is 2. The van der Waals surface area contributed by atoms with Crippen molar-refractivity contribution in [3.63, 3.8) is 0 Å². The molecule has 0 aromatic rings. The first-order valence-corrected chi connectivity index (χ1v) is 7.10. The Morgan fingerprint density at radius 1 is 1.23 bits per heavy atom. The number of ether oxygens (including phenoxy) is 2. The van der Waals surface area contributed by atoms with Gasteiger partial charge in [-0.2, -0.15) is 0 Å². The van der Waals surface area contributed by atoms with Crippen LogP contribution in [0.3, 0.4) is 0 Å². The second-order valence-electron chi connectivity index (χ2n) is 7.11. The van der Waals surface area contributed by atoms with E-state index in [0.29, 0.717) is 0 Å². The van der Waals surface area contributed by atoms with E-state index in [1.54, 1.807) is 6.92 Å². The van der Waals surface area contributed by atoms with Crippen LogP contribution in [0.5, 0.6) is 0 Å². The van der Waals surface area contributed by atoms with Gasteiger partial charge in [0.25, 0.3) is 5.79 Å². The Kier molecular flexibility index (Phi) is 2.07. The van der Waals surface area contributed by atoms with Crippen LogP contribution >= 0.6 is 0 Å². The van der Waals surface area contributed by atoms with Gasteiger partial charge in [-0.05, 0) is 6.92 Å². The zero-order chi connectivity index (χ0) is 16.3. The lowest BCUT2D eigenvalue weighted by molar-refractivity contribution is -0.275. The van der Waals surface area contributed by atoms with E-state index in [4.69, 9.17) is 9.47 Å². The fourth-order valence-electron chi connectivity index (χ4n) is 5.48. The number of Topliss-reactive ketones (excluding diaryl/α,β-unsaturated/α-hetero) is 1. The molecule has 118 valence electrons. The van der Waals surface area contributed by atoms with Gasteiger partial charge < -0.3 is 19.7 Å². The number of carbonyl (C=O) groups excluding carboxylic acids is 3. The van der Waals surface area contributed by atoms with Crippen molar-refractivity contribution in [3.8, 4) is 0 Å². The third-order valence-electron chi connectivity index (χ3n) is 6.35. The first-order valence-electron chi connectivity index (χ1n) is 7.10. The monoisotopic (exact) mass is 308 g/mol. The Hall–Kier alpha value is -1.73. The van der Waals surface area contributed by atoms with Crippen molar-refractivity contribution in [2.75, 3.05) is 7.11 Å². The summed E-state index contributed by atoms with van der Waals surface area (Å²) in [6.45, 7) is 2.96. The maximum Gasteiger partial charge on any atom is 0.313 e. The van der Waals surface area contributed by atoms with Gasteiger partial charge in [0.2, 0.25) is 5.78 Å². The number of fused-ring (bicyclic) bond motifs is 2. The molecule has 3 aliphatic carbocycles. The van der Waals surface area contributed by atoms with Gasteiger partial charge in [-0.25, -0.2) is 0 Å². The Bertz CT molecular complexity index is 696. The van der Waals surface area contributed by atoms with Crippen LogP contribution in [-0.2, 0) is 23.9 Å². The average molecular weight is 308 g/mol. The van der Waals surface area contributed by atoms with E-state index in [0.717, 1.165) is 6.08 Å². The van der Waals surface area contributed by atoms with Gasteiger partial charge in [-0.15, -0.1) is 0 Å². The summed E-state index contributed by atoms with van der Waals surface area (Å²) in [5, 5.41) is 21.7. The summed E-state index contributed by atoms with van der Waals surface area (Å²) in [4.78, 5) is 37.9. The first kappa shape index (κ1) is 13.9. The van der Waals surface area contributed by atoms with Crippen LogP contribution in [0, 0.1) is 22.7 Å². The predicted molar refractivity (Wildman–Crippen MR) is 68.9 cm³/mol. The van der Waals surface area contributed by atoms with Crippen molar-refractivity contribution in [2.24, 2.45) is 22.7 Å². The van der Waals surface area contributed by atoms with Crippen molar-refractivity contribution in [2.45, 2.75) is 31.7 Å². The van der Waals surface area contributed by atoms with Gasteiger partial charge in [0.15, 0.2) is 5.78 Å². The fraction of sp³-hybridized carbons (Fsp3) is 0.667. The summed E-state index contributed by atoms with van der Waals surface area (Å²) in [5.41, 5.74) is -5.01. The normalized spacial score (nSPS) is 55.1. The fourth-order valence-corrected chi connectivity index (χ4v) is 5.48. The van der Waals surface area contributed by atoms with Crippen LogP contribution in [0.1, 0.15) is 20.3 Å². The molecule has 5 bridgehead atoms. The number of methoxy groups -OCH3 is 1. The Labute approximate surface area is 125 Å². The first-order chi connectivity index (χ1) is 10.1. The smallest absolute Gasteiger partial charge is 0.313 e. The maximum atomic E-state index is 12.9. The van der Waals surface area contributed by atoms with Gasteiger partial charge in [0.05, 0.1) is 18.4 Å². The molecule has 0 aromatic heterocycles. The van der Waals surface area contributed by atoms with Crippen LogP contribution in [0.25, 0.3) is 0 Å². The molecule has 0 unspecified atom stereocenters. The third-order valence-corrected chi connectivity index (χ3v) is 6.35. The van der Waals surface area contributed by atoms with E-state index in [1.165, 1.54) is 14.0 Å². The summed E-state index contributed by atoms with van der Waals surface area (Å²) in [7, 11) is 1.34. The SMILES string of the molecule is COC1=CC(=O)[C@]2(O)[C@@]3(C)C(=O)[C@@]4(O)C[C@]2(C)[C@H](C(=O)O4)[C@@H]13. The van der Waals surface area contributed by atoms with E-state index in [-0.39, 0.29) is 12.2 Å². The molecule has 1 aliphatic heterocycles. The van der Waals surface area contributed by atoms with E-state index >= 15 is 0 Å². The third kappa shape index (κ3) is 0.962. The molecule has 6 atom stereocenters. The highest BCUT2D eigenvalue weighted by Crippen LogP contribution is 2.75. The number of allylic oxidation sites excluding steroid dienone is 1. The lowest BCUT2D eigenvalue weighted by atomic mass is 9.51. The molecule has 1 saturated heterocycles. The van der Waals surface area contributed by atoms with Crippen LogP contribution in [0.15, 0.2) is 11.8 Å². The van der Waals surface area contributed by atoms with Gasteiger partial charge in [0.1, 0.15) is 11.4 Å². The van der Waals surface area contributed by atoms with Crippen molar-refractivity contribution >= 4 is 17.5 Å². The maximum absolute atomic E-state index is 12.9. The number of esters is 1. The quantitative estimate of drug-likeness (QED) is 0.617. The zero-order valence-electron chi connectivity index (χ0n) is 12.4.